The number of benzene rings is 2. The number of nitriles is 1. The number of likely N-dealkylation sites (tertiary alicyclic amines) is 1. The van der Waals surface area contributed by atoms with Gasteiger partial charge >= 0.3 is 6.03 Å². The van der Waals surface area contributed by atoms with Gasteiger partial charge in [0.05, 0.1) is 11.6 Å². The molecular formula is C26H33N5O. The number of hydrogen-bond donors (Lipinski definition) is 3. The van der Waals surface area contributed by atoms with Gasteiger partial charge in [0.15, 0.2) is 0 Å². The van der Waals surface area contributed by atoms with Gasteiger partial charge in [0.1, 0.15) is 0 Å². The number of urea groups is 1. The molecule has 0 atom stereocenters. The lowest BCUT2D eigenvalue weighted by atomic mass is 9.88. The van der Waals surface area contributed by atoms with Crippen LogP contribution in [-0.2, 0) is 0 Å². The third-order valence-corrected chi connectivity index (χ3v) is 5.91. The summed E-state index contributed by atoms with van der Waals surface area (Å²) in [5.74, 6) is 0.498. The molecule has 0 aliphatic carbocycles. The Morgan fingerprint density at radius 1 is 1.22 bits per heavy atom. The van der Waals surface area contributed by atoms with Crippen molar-refractivity contribution < 1.29 is 4.79 Å². The standard InChI is InChI=1S/C26H33N5O/c1-18-5-8-23(15-24(18)30-25(32)29-17-26(3,4)28)19(2)31-13-11-22(12-14-31)21-9-6-20(16-27)7-10-21/h5-10,15,22H,2,11-14,17,28H2,1,3-4H3,(H2,29,30,32). The van der Waals surface area contributed by atoms with Crippen molar-refractivity contribution in [2.45, 2.75) is 45.1 Å². The Hall–Kier alpha value is -3.30. The summed E-state index contributed by atoms with van der Waals surface area (Å²) in [7, 11) is 0. The van der Waals surface area contributed by atoms with Crippen LogP contribution >= 0.6 is 0 Å². The fourth-order valence-corrected chi connectivity index (χ4v) is 3.91. The van der Waals surface area contributed by atoms with Gasteiger partial charge in [0, 0.05) is 36.6 Å². The van der Waals surface area contributed by atoms with E-state index in [9.17, 15) is 4.79 Å². The molecule has 168 valence electrons. The van der Waals surface area contributed by atoms with Gasteiger partial charge in [-0.2, -0.15) is 5.26 Å². The minimum absolute atomic E-state index is 0.266. The summed E-state index contributed by atoms with van der Waals surface area (Å²) >= 11 is 0. The van der Waals surface area contributed by atoms with Crippen molar-refractivity contribution in [3.8, 4) is 6.07 Å². The molecule has 1 fully saturated rings. The Morgan fingerprint density at radius 3 is 2.47 bits per heavy atom. The lowest BCUT2D eigenvalue weighted by Crippen LogP contribution is -2.46. The average molecular weight is 432 g/mol. The van der Waals surface area contributed by atoms with Gasteiger partial charge in [-0.05, 0) is 74.4 Å². The molecule has 0 aromatic heterocycles. The van der Waals surface area contributed by atoms with Crippen LogP contribution < -0.4 is 16.4 Å². The van der Waals surface area contributed by atoms with Gasteiger partial charge in [-0.3, -0.25) is 0 Å². The topological polar surface area (TPSA) is 94.2 Å². The Bertz CT molecular complexity index is 1010. The summed E-state index contributed by atoms with van der Waals surface area (Å²) in [6.07, 6.45) is 2.08. The maximum Gasteiger partial charge on any atom is 0.319 e. The fraction of sp³-hybridized carbons (Fsp3) is 0.385. The number of rotatable bonds is 6. The van der Waals surface area contributed by atoms with Crippen LogP contribution in [0.15, 0.2) is 49.0 Å². The lowest BCUT2D eigenvalue weighted by molar-refractivity contribution is 0.249. The molecule has 0 bridgehead atoms. The van der Waals surface area contributed by atoms with Crippen LogP contribution in [-0.4, -0.2) is 36.1 Å². The molecule has 2 amide bonds. The predicted molar refractivity (Wildman–Crippen MR) is 130 cm³/mol. The number of piperidine rings is 1. The summed E-state index contributed by atoms with van der Waals surface area (Å²) in [6, 6.07) is 15.9. The summed E-state index contributed by atoms with van der Waals surface area (Å²) in [5.41, 5.74) is 11.2. The van der Waals surface area contributed by atoms with Gasteiger partial charge in [-0.1, -0.05) is 30.8 Å². The molecule has 1 aliphatic heterocycles. The predicted octanol–water partition coefficient (Wildman–Crippen LogP) is 4.58. The first kappa shape index (κ1) is 23.4. The molecule has 3 rings (SSSR count). The summed E-state index contributed by atoms with van der Waals surface area (Å²) in [5, 5.41) is 14.7. The number of carbonyl (C=O) groups is 1. The average Bonchev–Trinajstić information content (AvgIpc) is 2.78. The third kappa shape index (κ3) is 6.12. The van der Waals surface area contributed by atoms with E-state index in [1.54, 1.807) is 0 Å². The minimum atomic E-state index is -0.466. The fourth-order valence-electron chi connectivity index (χ4n) is 3.91. The molecule has 1 aliphatic rings. The first-order valence-corrected chi connectivity index (χ1v) is 11.0. The zero-order valence-electron chi connectivity index (χ0n) is 19.2. The number of aryl methyl sites for hydroxylation is 1. The first-order chi connectivity index (χ1) is 15.2. The molecule has 0 spiro atoms. The molecule has 2 aromatic rings. The summed E-state index contributed by atoms with van der Waals surface area (Å²) in [6.45, 7) is 12.3. The molecule has 32 heavy (non-hydrogen) atoms. The van der Waals surface area contributed by atoms with Crippen molar-refractivity contribution in [2.75, 3.05) is 25.0 Å². The normalized spacial score (nSPS) is 14.5. The maximum atomic E-state index is 12.3. The highest BCUT2D eigenvalue weighted by Crippen LogP contribution is 2.32. The molecule has 6 heteroatoms. The lowest BCUT2D eigenvalue weighted by Gasteiger charge is -2.35. The Kier molecular flexibility index (Phi) is 7.22. The second-order valence-electron chi connectivity index (χ2n) is 9.27. The van der Waals surface area contributed by atoms with Crippen LogP contribution in [0.1, 0.15) is 54.9 Å². The second-order valence-corrected chi connectivity index (χ2v) is 9.27. The first-order valence-electron chi connectivity index (χ1n) is 11.0. The number of nitrogens with zero attached hydrogens (tertiary/aromatic N) is 2. The molecule has 1 saturated heterocycles. The van der Waals surface area contributed by atoms with E-state index in [2.05, 4.69) is 46.4 Å². The van der Waals surface area contributed by atoms with Gasteiger partial charge in [-0.25, -0.2) is 4.79 Å². The van der Waals surface area contributed by atoms with Crippen molar-refractivity contribution >= 4 is 17.4 Å². The molecule has 0 saturated carbocycles. The van der Waals surface area contributed by atoms with Crippen LogP contribution in [0.5, 0.6) is 0 Å². The quantitative estimate of drug-likeness (QED) is 0.624. The van der Waals surface area contributed by atoms with E-state index in [-0.39, 0.29) is 6.03 Å². The number of nitrogens with one attached hydrogen (secondary N) is 2. The van der Waals surface area contributed by atoms with Crippen molar-refractivity contribution in [3.63, 3.8) is 0 Å². The number of anilines is 1. The molecule has 2 aromatic carbocycles. The SMILES string of the molecule is C=C(c1ccc(C)c(NC(=O)NCC(C)(C)N)c1)N1CCC(c2ccc(C#N)cc2)CC1. The van der Waals surface area contributed by atoms with E-state index in [1.807, 2.05) is 45.0 Å². The third-order valence-electron chi connectivity index (χ3n) is 5.91. The minimum Gasteiger partial charge on any atom is -0.371 e. The largest absolute Gasteiger partial charge is 0.371 e. The second kappa shape index (κ2) is 9.88. The number of nitrogens with two attached hydrogens (primary N) is 1. The highest BCUT2D eigenvalue weighted by atomic mass is 16.2. The monoisotopic (exact) mass is 431 g/mol. The van der Waals surface area contributed by atoms with Crippen molar-refractivity contribution in [2.24, 2.45) is 5.73 Å². The molecule has 6 nitrogen and oxygen atoms in total. The molecule has 4 N–H and O–H groups in total. The van der Waals surface area contributed by atoms with Crippen molar-refractivity contribution in [3.05, 3.63) is 71.3 Å². The van der Waals surface area contributed by atoms with E-state index in [1.165, 1.54) is 5.56 Å². The highest BCUT2D eigenvalue weighted by molar-refractivity contribution is 5.90. The molecular weight excluding hydrogens is 398 g/mol. The van der Waals surface area contributed by atoms with Crippen LogP contribution in [0, 0.1) is 18.3 Å². The van der Waals surface area contributed by atoms with Gasteiger partial charge in [-0.15, -0.1) is 0 Å². The number of amides is 2. The van der Waals surface area contributed by atoms with E-state index < -0.39 is 5.54 Å². The highest BCUT2D eigenvalue weighted by Gasteiger charge is 2.22. The van der Waals surface area contributed by atoms with E-state index in [4.69, 9.17) is 11.0 Å². The molecule has 1 heterocycles. The maximum absolute atomic E-state index is 12.3. The van der Waals surface area contributed by atoms with Gasteiger partial charge in [0.25, 0.3) is 0 Å². The molecule has 0 unspecified atom stereocenters. The van der Waals surface area contributed by atoms with Crippen LogP contribution in [0.2, 0.25) is 0 Å². The number of hydrogen-bond acceptors (Lipinski definition) is 4. The van der Waals surface area contributed by atoms with Crippen molar-refractivity contribution in [1.82, 2.24) is 10.2 Å². The Labute approximate surface area is 191 Å². The molecule has 0 radical (unpaired) electrons. The van der Waals surface area contributed by atoms with Crippen LogP contribution in [0.4, 0.5) is 10.5 Å². The van der Waals surface area contributed by atoms with Crippen LogP contribution in [0.3, 0.4) is 0 Å². The van der Waals surface area contributed by atoms with Crippen LogP contribution in [0.25, 0.3) is 5.70 Å². The van der Waals surface area contributed by atoms with E-state index in [0.717, 1.165) is 48.4 Å². The zero-order valence-corrected chi connectivity index (χ0v) is 19.2. The zero-order chi connectivity index (χ0) is 23.3. The van der Waals surface area contributed by atoms with E-state index >= 15 is 0 Å². The Balaban J connectivity index is 1.61. The summed E-state index contributed by atoms with van der Waals surface area (Å²) in [4.78, 5) is 14.6. The van der Waals surface area contributed by atoms with Crippen molar-refractivity contribution in [1.29, 1.82) is 5.26 Å². The number of carbonyl (C=O) groups excluding carboxylic acids is 1. The van der Waals surface area contributed by atoms with E-state index in [0.29, 0.717) is 18.0 Å². The van der Waals surface area contributed by atoms with Gasteiger partial charge < -0.3 is 21.3 Å². The van der Waals surface area contributed by atoms with Gasteiger partial charge in [0.2, 0.25) is 0 Å². The smallest absolute Gasteiger partial charge is 0.319 e. The summed E-state index contributed by atoms with van der Waals surface area (Å²) < 4.78 is 0. The Morgan fingerprint density at radius 2 is 1.88 bits per heavy atom.